The third kappa shape index (κ3) is 2.91. The molecule has 0 spiro atoms. The van der Waals surface area contributed by atoms with E-state index in [1.165, 1.54) is 5.69 Å². The third-order valence-electron chi connectivity index (χ3n) is 3.19. The second-order valence-electron chi connectivity index (χ2n) is 4.42. The summed E-state index contributed by atoms with van der Waals surface area (Å²) in [5.41, 5.74) is 1.17. The quantitative estimate of drug-likeness (QED) is 0.872. The minimum absolute atomic E-state index is 0.165. The number of aromatic nitrogens is 1. The summed E-state index contributed by atoms with van der Waals surface area (Å²) in [5.74, 6) is 1.07. The van der Waals surface area contributed by atoms with E-state index < -0.39 is 0 Å². The number of hydrogen-bond donors (Lipinski definition) is 1. The molecule has 1 saturated heterocycles. The Morgan fingerprint density at radius 2 is 2.11 bits per heavy atom. The lowest BCUT2D eigenvalue weighted by Crippen LogP contribution is -2.48. The van der Waals surface area contributed by atoms with E-state index in [0.717, 1.165) is 38.5 Å². The monoisotopic (exact) mass is 248 g/mol. The summed E-state index contributed by atoms with van der Waals surface area (Å²) >= 11 is 0. The molecule has 1 aliphatic rings. The highest BCUT2D eigenvalue weighted by Gasteiger charge is 2.18. The zero-order chi connectivity index (χ0) is 13.0. The Bertz CT molecular complexity index is 413. The van der Waals surface area contributed by atoms with E-state index in [1.54, 1.807) is 6.92 Å². The van der Waals surface area contributed by atoms with Crippen molar-refractivity contribution < 1.29 is 4.79 Å². The van der Waals surface area contributed by atoms with Gasteiger partial charge in [-0.05, 0) is 13.0 Å². The number of carbonyl (C=O) groups excluding carboxylic acids is 1. The second-order valence-corrected chi connectivity index (χ2v) is 4.42. The molecule has 1 fully saturated rings. The van der Waals surface area contributed by atoms with Crippen molar-refractivity contribution in [1.82, 2.24) is 9.88 Å². The van der Waals surface area contributed by atoms with E-state index in [1.807, 2.05) is 17.2 Å². The van der Waals surface area contributed by atoms with Crippen molar-refractivity contribution in [3.05, 3.63) is 18.3 Å². The second kappa shape index (κ2) is 5.71. The van der Waals surface area contributed by atoms with Gasteiger partial charge >= 0.3 is 0 Å². The van der Waals surface area contributed by atoms with Crippen LogP contribution in [0.4, 0.5) is 11.5 Å². The van der Waals surface area contributed by atoms with Crippen LogP contribution >= 0.6 is 0 Å². The minimum atomic E-state index is 0.165. The lowest BCUT2D eigenvalue weighted by molar-refractivity contribution is -0.129. The molecule has 1 aromatic rings. The van der Waals surface area contributed by atoms with Crippen molar-refractivity contribution in [3.63, 3.8) is 0 Å². The first-order chi connectivity index (χ1) is 8.70. The molecule has 0 aliphatic carbocycles. The molecule has 1 amide bonds. The largest absolute Gasteiger partial charge is 0.370 e. The average molecular weight is 248 g/mol. The van der Waals surface area contributed by atoms with E-state index in [2.05, 4.69) is 28.2 Å². The van der Waals surface area contributed by atoms with Gasteiger partial charge in [-0.25, -0.2) is 4.98 Å². The molecular formula is C13H20N4O. The Hall–Kier alpha value is -1.78. The molecule has 98 valence electrons. The molecule has 18 heavy (non-hydrogen) atoms. The molecule has 0 radical (unpaired) electrons. The van der Waals surface area contributed by atoms with Crippen molar-refractivity contribution in [1.29, 1.82) is 0 Å². The van der Waals surface area contributed by atoms with Crippen LogP contribution in [-0.4, -0.2) is 48.5 Å². The summed E-state index contributed by atoms with van der Waals surface area (Å²) in [6.45, 7) is 7.92. The summed E-state index contributed by atoms with van der Waals surface area (Å²) < 4.78 is 0. The van der Waals surface area contributed by atoms with Crippen LogP contribution in [0.3, 0.4) is 0 Å². The fraction of sp³-hybridized carbons (Fsp3) is 0.538. The van der Waals surface area contributed by atoms with Crippen LogP contribution in [0.15, 0.2) is 18.3 Å². The lowest BCUT2D eigenvalue weighted by atomic mass is 10.2. The van der Waals surface area contributed by atoms with E-state index in [4.69, 9.17) is 0 Å². The molecule has 0 unspecified atom stereocenters. The first-order valence-electron chi connectivity index (χ1n) is 6.41. The molecule has 5 heteroatoms. The number of anilines is 2. The maximum absolute atomic E-state index is 11.3. The molecule has 0 aromatic carbocycles. The van der Waals surface area contributed by atoms with Crippen molar-refractivity contribution in [2.75, 3.05) is 42.9 Å². The number of hydrogen-bond acceptors (Lipinski definition) is 4. The summed E-state index contributed by atoms with van der Waals surface area (Å²) in [6.07, 6.45) is 1.82. The van der Waals surface area contributed by atoms with Crippen LogP contribution < -0.4 is 10.2 Å². The van der Waals surface area contributed by atoms with Gasteiger partial charge in [0, 0.05) is 57.6 Å². The Morgan fingerprint density at radius 1 is 1.39 bits per heavy atom. The highest BCUT2D eigenvalue weighted by Crippen LogP contribution is 2.18. The molecule has 0 saturated carbocycles. The van der Waals surface area contributed by atoms with Crippen LogP contribution in [0, 0.1) is 0 Å². The standard InChI is InChI=1S/C13H20N4O/c1-3-14-13-10-12(4-5-15-13)17-8-6-16(7-9-17)11(2)18/h4-5,10H,3,6-9H2,1-2H3,(H,14,15). The third-order valence-corrected chi connectivity index (χ3v) is 3.19. The number of amides is 1. The maximum atomic E-state index is 11.3. The van der Waals surface area contributed by atoms with Gasteiger partial charge in [-0.3, -0.25) is 4.79 Å². The van der Waals surface area contributed by atoms with E-state index >= 15 is 0 Å². The van der Waals surface area contributed by atoms with Gasteiger partial charge in [-0.15, -0.1) is 0 Å². The van der Waals surface area contributed by atoms with E-state index in [9.17, 15) is 4.79 Å². The van der Waals surface area contributed by atoms with Gasteiger partial charge in [0.1, 0.15) is 5.82 Å². The highest BCUT2D eigenvalue weighted by molar-refractivity contribution is 5.73. The summed E-state index contributed by atoms with van der Waals surface area (Å²) in [7, 11) is 0. The zero-order valence-corrected chi connectivity index (χ0v) is 11.0. The molecule has 5 nitrogen and oxygen atoms in total. The Kier molecular flexibility index (Phi) is 4.02. The smallest absolute Gasteiger partial charge is 0.219 e. The first kappa shape index (κ1) is 12.7. The van der Waals surface area contributed by atoms with Crippen molar-refractivity contribution >= 4 is 17.4 Å². The normalized spacial score (nSPS) is 15.7. The molecular weight excluding hydrogens is 228 g/mol. The molecule has 0 bridgehead atoms. The van der Waals surface area contributed by atoms with Crippen molar-refractivity contribution in [2.24, 2.45) is 0 Å². The van der Waals surface area contributed by atoms with Crippen LogP contribution in [0.1, 0.15) is 13.8 Å². The van der Waals surface area contributed by atoms with E-state index in [0.29, 0.717) is 0 Å². The Balaban J connectivity index is 2.00. The number of piperazine rings is 1. The SMILES string of the molecule is CCNc1cc(N2CCN(C(C)=O)CC2)ccn1. The lowest BCUT2D eigenvalue weighted by Gasteiger charge is -2.35. The predicted molar refractivity (Wildman–Crippen MR) is 72.9 cm³/mol. The molecule has 1 N–H and O–H groups in total. The maximum Gasteiger partial charge on any atom is 0.219 e. The van der Waals surface area contributed by atoms with Crippen LogP contribution in [0.2, 0.25) is 0 Å². The number of rotatable bonds is 3. The van der Waals surface area contributed by atoms with Crippen LogP contribution in [0.5, 0.6) is 0 Å². The minimum Gasteiger partial charge on any atom is -0.370 e. The number of pyridine rings is 1. The topological polar surface area (TPSA) is 48.5 Å². The molecule has 2 heterocycles. The number of nitrogens with one attached hydrogen (secondary N) is 1. The fourth-order valence-corrected chi connectivity index (χ4v) is 2.17. The van der Waals surface area contributed by atoms with Crippen molar-refractivity contribution in [2.45, 2.75) is 13.8 Å². The highest BCUT2D eigenvalue weighted by atomic mass is 16.2. The summed E-state index contributed by atoms with van der Waals surface area (Å²) in [6, 6.07) is 4.08. The fourth-order valence-electron chi connectivity index (χ4n) is 2.17. The average Bonchev–Trinajstić information content (AvgIpc) is 2.39. The van der Waals surface area contributed by atoms with Gasteiger partial charge < -0.3 is 15.1 Å². The first-order valence-corrected chi connectivity index (χ1v) is 6.41. The Labute approximate surface area is 108 Å². The van der Waals surface area contributed by atoms with Crippen LogP contribution in [0.25, 0.3) is 0 Å². The van der Waals surface area contributed by atoms with Gasteiger partial charge in [-0.2, -0.15) is 0 Å². The van der Waals surface area contributed by atoms with Gasteiger partial charge in [-0.1, -0.05) is 0 Å². The van der Waals surface area contributed by atoms with Crippen LogP contribution in [-0.2, 0) is 4.79 Å². The van der Waals surface area contributed by atoms with Gasteiger partial charge in [0.2, 0.25) is 5.91 Å². The summed E-state index contributed by atoms with van der Waals surface area (Å²) in [4.78, 5) is 19.7. The summed E-state index contributed by atoms with van der Waals surface area (Å²) in [5, 5.41) is 3.21. The molecule has 1 aromatic heterocycles. The predicted octanol–water partition coefficient (Wildman–Crippen LogP) is 1.18. The van der Waals surface area contributed by atoms with Gasteiger partial charge in [0.05, 0.1) is 0 Å². The molecule has 1 aliphatic heterocycles. The number of nitrogens with zero attached hydrogens (tertiary/aromatic N) is 3. The van der Waals surface area contributed by atoms with Crippen molar-refractivity contribution in [3.8, 4) is 0 Å². The molecule has 2 rings (SSSR count). The Morgan fingerprint density at radius 3 is 2.72 bits per heavy atom. The number of carbonyl (C=O) groups is 1. The molecule has 0 atom stereocenters. The van der Waals surface area contributed by atoms with Gasteiger partial charge in [0.25, 0.3) is 0 Å². The van der Waals surface area contributed by atoms with E-state index in [-0.39, 0.29) is 5.91 Å². The zero-order valence-electron chi connectivity index (χ0n) is 11.0. The van der Waals surface area contributed by atoms with Gasteiger partial charge in [0.15, 0.2) is 0 Å².